The van der Waals surface area contributed by atoms with Crippen LogP contribution in [0.2, 0.25) is 5.02 Å². The molecule has 19 nitrogen and oxygen atoms in total. The second kappa shape index (κ2) is 30.2. The van der Waals surface area contributed by atoms with Crippen molar-refractivity contribution < 1.29 is 85.7 Å². The molecule has 3 atom stereocenters. The van der Waals surface area contributed by atoms with Gasteiger partial charge in [-0.3, -0.25) is 14.4 Å². The third kappa shape index (κ3) is 17.1. The Balaban J connectivity index is 0.0000102. The van der Waals surface area contributed by atoms with Crippen LogP contribution in [-0.2, 0) is 46.7 Å². The summed E-state index contributed by atoms with van der Waals surface area (Å²) in [6.07, 6.45) is 5.43. The lowest BCUT2D eigenvalue weighted by Gasteiger charge is -2.41. The first-order valence-electron chi connectivity index (χ1n) is 28.8. The molecule has 5 aromatic carbocycles. The average Bonchev–Trinajstić information content (AvgIpc) is 1.60. The normalized spacial score (nSPS) is 17.9. The number of nitrogens with zero attached hydrogens (tertiary/aromatic N) is 4. The van der Waals surface area contributed by atoms with Gasteiger partial charge in [0.05, 0.1) is 64.1 Å². The standard InChI is InChI=1S/C65H72ClN7O12S3.HI/c1-63(2,3)84-60(77)64(4,5)85-71-52(49-40-86-62(67)69-49)57(75)70-53-58(76)72-41-65(88-59(53)72,61(78)83-54(44-18-10-8-11-19-44)45-20-12-9-13-21-45)87-37-17-16-35-73(33-14-15-34-73)36-32-68-56(74)48-30-31-50(81-38-42-22-26-46(79-6)27-23-42)55(51(48)66)82-39-43-24-28-47(80-7)29-25-43;/h8-13,16-31,40,53-54,59H,14-15,32-39,41H2,1-7H3,(H3-,67,68,69,70,74,75);1H/b17-16+,71-52-;/t53-,59-,65-;/m1./s1. The zero-order valence-electron chi connectivity index (χ0n) is 50.5. The molecule has 0 unspecified atom stereocenters. The summed E-state index contributed by atoms with van der Waals surface area (Å²) in [4.78, 5) is 82.1. The molecule has 6 aromatic rings. The number of esters is 2. The van der Waals surface area contributed by atoms with E-state index in [0.29, 0.717) is 36.9 Å². The molecule has 9 rings (SSSR count). The van der Waals surface area contributed by atoms with Crippen LogP contribution in [0.25, 0.3) is 0 Å². The number of thiazole rings is 1. The highest BCUT2D eigenvalue weighted by Crippen LogP contribution is 2.54. The lowest BCUT2D eigenvalue weighted by molar-refractivity contribution is -0.910. The summed E-state index contributed by atoms with van der Waals surface area (Å²) in [7, 11) is 3.21. The molecule has 0 spiro atoms. The van der Waals surface area contributed by atoms with E-state index in [1.807, 2.05) is 115 Å². The molecule has 0 bridgehead atoms. The summed E-state index contributed by atoms with van der Waals surface area (Å²) in [5.74, 6) is -0.391. The second-order valence-electron chi connectivity index (χ2n) is 22.9. The molecule has 472 valence electrons. The van der Waals surface area contributed by atoms with Gasteiger partial charge in [0.2, 0.25) is 11.5 Å². The molecule has 4 heterocycles. The number of carbonyl (C=O) groups excluding carboxylic acids is 5. The molecule has 89 heavy (non-hydrogen) atoms. The Morgan fingerprint density at radius 1 is 0.854 bits per heavy atom. The molecule has 4 N–H and O–H groups in total. The van der Waals surface area contributed by atoms with E-state index in [4.69, 9.17) is 50.6 Å². The van der Waals surface area contributed by atoms with E-state index in [1.165, 1.54) is 42.8 Å². The fourth-order valence-corrected chi connectivity index (χ4v) is 14.0. The quantitative estimate of drug-likeness (QED) is 0.00884. The zero-order chi connectivity index (χ0) is 62.6. The number of nitrogens with two attached hydrogens (primary N) is 1. The van der Waals surface area contributed by atoms with Gasteiger partial charge in [-0.25, -0.2) is 14.6 Å². The first-order valence-corrected chi connectivity index (χ1v) is 31.9. The summed E-state index contributed by atoms with van der Waals surface area (Å²) in [5, 5.41) is 11.2. The van der Waals surface area contributed by atoms with Gasteiger partial charge < -0.3 is 83.0 Å². The van der Waals surface area contributed by atoms with Crippen LogP contribution >= 0.6 is 46.5 Å². The number of carbonyl (C=O) groups is 5. The molecule has 0 radical (unpaired) electrons. The molecular weight excluding hydrogens is 1330 g/mol. The van der Waals surface area contributed by atoms with Gasteiger partial charge in [0, 0.05) is 24.0 Å². The predicted molar refractivity (Wildman–Crippen MR) is 342 cm³/mol. The van der Waals surface area contributed by atoms with Crippen LogP contribution in [0.4, 0.5) is 5.13 Å². The average molecular weight is 1400 g/mol. The molecule has 0 saturated carbocycles. The van der Waals surface area contributed by atoms with Crippen LogP contribution in [0.1, 0.15) is 91.9 Å². The Morgan fingerprint density at radius 2 is 1.46 bits per heavy atom. The van der Waals surface area contributed by atoms with Crippen LogP contribution in [0.3, 0.4) is 0 Å². The maximum Gasteiger partial charge on any atom is 0.353 e. The highest BCUT2D eigenvalue weighted by atomic mass is 127. The number of fused-ring (bicyclic) bond motifs is 1. The Hall–Kier alpha value is -7.03. The van der Waals surface area contributed by atoms with E-state index in [0.717, 1.165) is 69.8 Å². The van der Waals surface area contributed by atoms with Crippen LogP contribution in [0, 0.1) is 0 Å². The van der Waals surface area contributed by atoms with E-state index in [-0.39, 0.29) is 82.5 Å². The Morgan fingerprint density at radius 3 is 2.03 bits per heavy atom. The Labute approximate surface area is 553 Å². The molecule has 3 fully saturated rings. The van der Waals surface area contributed by atoms with Crippen LogP contribution in [0.5, 0.6) is 23.0 Å². The SMILES string of the molecule is COc1ccc(COc2ccc(C(=O)NCC[N+]3(C/C=C/CS[C@]4(C(=O)OC(c5ccccc5)c5ccccc5)CN5C(=O)[C@@H](NC(=O)/C(=N\OC(C)(C)C(=O)OC(C)(C)C)c6csc(N)n6)[C@H]5S4)CCCC3)c(Cl)c2OCc2ccc(OC)cc2)cc1.[I-]. The van der Waals surface area contributed by atoms with Crippen LogP contribution < -0.4 is 59.3 Å². The van der Waals surface area contributed by atoms with Crippen molar-refractivity contribution in [2.24, 2.45) is 5.16 Å². The van der Waals surface area contributed by atoms with Gasteiger partial charge in [-0.2, -0.15) is 0 Å². The van der Waals surface area contributed by atoms with Gasteiger partial charge in [0.1, 0.15) is 47.4 Å². The fourth-order valence-electron chi connectivity index (χ4n) is 10.1. The van der Waals surface area contributed by atoms with E-state index in [2.05, 4.69) is 26.8 Å². The molecule has 3 saturated heterocycles. The number of benzene rings is 5. The Kier molecular flexibility index (Phi) is 23.0. The third-order valence-electron chi connectivity index (χ3n) is 15.0. The maximum atomic E-state index is 15.1. The van der Waals surface area contributed by atoms with Gasteiger partial charge in [0.25, 0.3) is 11.8 Å². The van der Waals surface area contributed by atoms with Gasteiger partial charge in [-0.05, 0) is 99.3 Å². The summed E-state index contributed by atoms with van der Waals surface area (Å²) in [5.41, 5.74) is 6.83. The number of anilines is 1. The van der Waals surface area contributed by atoms with E-state index < -0.39 is 56.6 Å². The van der Waals surface area contributed by atoms with Crippen molar-refractivity contribution in [3.63, 3.8) is 0 Å². The van der Waals surface area contributed by atoms with Gasteiger partial charge in [-0.15, -0.1) is 34.9 Å². The fraction of sp³-hybridized carbons (Fsp3) is 0.369. The maximum absolute atomic E-state index is 15.1. The molecule has 3 aliphatic rings. The van der Waals surface area contributed by atoms with Gasteiger partial charge in [-0.1, -0.05) is 108 Å². The molecule has 3 amide bonds. The second-order valence-corrected chi connectivity index (χ2v) is 27.1. The Bertz CT molecular complexity index is 3460. The molecule has 3 aliphatic heterocycles. The number of nitrogen functional groups attached to an aromatic ring is 1. The molecule has 1 aromatic heterocycles. The number of amides is 3. The summed E-state index contributed by atoms with van der Waals surface area (Å²) >= 11 is 10.7. The number of aromatic nitrogens is 1. The summed E-state index contributed by atoms with van der Waals surface area (Å²) < 4.78 is 34.7. The zero-order valence-corrected chi connectivity index (χ0v) is 55.9. The number of thioether (sulfide) groups is 2. The topological polar surface area (TPSA) is 229 Å². The number of ether oxygens (including phenoxy) is 6. The minimum atomic E-state index is -1.62. The van der Waals surface area contributed by atoms with E-state index in [1.54, 1.807) is 52.0 Å². The minimum absolute atomic E-state index is 0. The number of halogens is 2. The third-order valence-corrected chi connectivity index (χ3v) is 19.2. The lowest BCUT2D eigenvalue weighted by atomic mass is 10.0. The van der Waals surface area contributed by atoms with Crippen LogP contribution in [0.15, 0.2) is 144 Å². The number of rotatable bonds is 27. The number of hydrogen-bond donors (Lipinski definition) is 3. The predicted octanol–water partition coefficient (Wildman–Crippen LogP) is 7.16. The number of oxime groups is 1. The first-order chi connectivity index (χ1) is 42.2. The number of quaternary nitrogens is 1. The number of β-lactam (4-membered cyclic amide) rings is 1. The molecule has 24 heteroatoms. The van der Waals surface area contributed by atoms with Crippen molar-refractivity contribution >= 4 is 87.0 Å². The van der Waals surface area contributed by atoms with E-state index in [9.17, 15) is 19.2 Å². The highest BCUT2D eigenvalue weighted by molar-refractivity contribution is 8.20. The minimum Gasteiger partial charge on any atom is -1.00 e. The van der Waals surface area contributed by atoms with Crippen molar-refractivity contribution in [1.82, 2.24) is 20.5 Å². The monoisotopic (exact) mass is 1400 g/mol. The number of hydrogen-bond acceptors (Lipinski definition) is 18. The first kappa shape index (κ1) is 67.9. The summed E-state index contributed by atoms with van der Waals surface area (Å²) in [6, 6.07) is 36.2. The van der Waals surface area contributed by atoms with Gasteiger partial charge >= 0.3 is 11.9 Å². The summed E-state index contributed by atoms with van der Waals surface area (Å²) in [6.45, 7) is 12.0. The van der Waals surface area contributed by atoms with Crippen molar-refractivity contribution in [3.8, 4) is 23.0 Å². The smallest absolute Gasteiger partial charge is 0.353 e. The number of likely N-dealkylation sites (tertiary alicyclic amines) is 1. The lowest BCUT2D eigenvalue weighted by Crippen LogP contribution is -3.00. The van der Waals surface area contributed by atoms with E-state index >= 15 is 4.79 Å². The molecular formula is C65H73ClIN7O12S3. The van der Waals surface area contributed by atoms with Crippen LogP contribution in [-0.4, -0.2) is 136 Å². The van der Waals surface area contributed by atoms with Crippen molar-refractivity contribution in [1.29, 1.82) is 0 Å². The number of methoxy groups -OCH3 is 2. The van der Waals surface area contributed by atoms with Gasteiger partial charge in [0.15, 0.2) is 32.5 Å². The highest BCUT2D eigenvalue weighted by Gasteiger charge is 2.63. The van der Waals surface area contributed by atoms with Crippen molar-refractivity contribution in [2.75, 3.05) is 65.0 Å². The largest absolute Gasteiger partial charge is 1.00 e. The number of nitrogens with one attached hydrogen (secondary N) is 2. The van der Waals surface area contributed by atoms with Crippen molar-refractivity contribution in [2.45, 2.75) is 93.5 Å². The molecule has 0 aliphatic carbocycles. The van der Waals surface area contributed by atoms with Crippen molar-refractivity contribution in [3.05, 3.63) is 177 Å².